The summed E-state index contributed by atoms with van der Waals surface area (Å²) in [7, 11) is 2.85. The highest BCUT2D eigenvalue weighted by Crippen LogP contribution is 1.97. The quantitative estimate of drug-likeness (QED) is 0.217. The van der Waals surface area contributed by atoms with Crippen LogP contribution in [0.15, 0.2) is 0 Å². The third-order valence-corrected chi connectivity index (χ3v) is 2.29. The van der Waals surface area contributed by atoms with Crippen LogP contribution >= 0.6 is 0 Å². The predicted octanol–water partition coefficient (Wildman–Crippen LogP) is 0.172. The molecule has 0 heterocycles. The maximum Gasteiger partial charge on any atom is 0.533 e. The largest absolute Gasteiger partial charge is 0.533 e. The Bertz CT molecular complexity index is 323. The van der Waals surface area contributed by atoms with Gasteiger partial charge in [-0.05, 0) is 0 Å². The first-order valence-corrected chi connectivity index (χ1v) is 6.81. The van der Waals surface area contributed by atoms with Crippen molar-refractivity contribution in [1.29, 1.82) is 0 Å². The molecule has 0 aromatic heterocycles. The van der Waals surface area contributed by atoms with Gasteiger partial charge in [-0.3, -0.25) is 4.79 Å². The Morgan fingerprint density at radius 2 is 1.59 bits per heavy atom. The second-order valence-corrected chi connectivity index (χ2v) is 4.00. The van der Waals surface area contributed by atoms with Gasteiger partial charge in [0.15, 0.2) is 0 Å². The molecule has 0 atom stereocenters. The Kier molecular flexibility index (Phi) is 13.1. The summed E-state index contributed by atoms with van der Waals surface area (Å²) in [4.78, 5) is 37.3. The summed E-state index contributed by atoms with van der Waals surface area (Å²) < 4.78 is 19.8. The standard InChI is InChI=1S/C13H23NO8/c1-14(12(16)4-3-5-15)22-13(17)21-11-10-20-9-8-19-7-6-18-2/h5H,3-4,6-11H2,1-2H3. The fraction of sp³-hybridized carbons (Fsp3) is 0.769. The van der Waals surface area contributed by atoms with Crippen LogP contribution in [-0.4, -0.2) is 77.2 Å². The van der Waals surface area contributed by atoms with Crippen LogP contribution in [0, 0.1) is 0 Å². The van der Waals surface area contributed by atoms with Crippen molar-refractivity contribution < 1.29 is 38.2 Å². The molecule has 0 unspecified atom stereocenters. The van der Waals surface area contributed by atoms with E-state index < -0.39 is 12.1 Å². The summed E-state index contributed by atoms with van der Waals surface area (Å²) in [6.45, 7) is 1.98. The summed E-state index contributed by atoms with van der Waals surface area (Å²) in [5.41, 5.74) is 0. The van der Waals surface area contributed by atoms with E-state index in [1.807, 2.05) is 0 Å². The molecule has 0 aromatic rings. The molecular weight excluding hydrogens is 298 g/mol. The summed E-state index contributed by atoms with van der Waals surface area (Å²) in [6, 6.07) is 0. The van der Waals surface area contributed by atoms with Gasteiger partial charge < -0.3 is 28.6 Å². The van der Waals surface area contributed by atoms with Gasteiger partial charge in [0, 0.05) is 27.0 Å². The van der Waals surface area contributed by atoms with Crippen molar-refractivity contribution >= 4 is 18.3 Å². The van der Waals surface area contributed by atoms with E-state index in [0.717, 1.165) is 5.06 Å². The fourth-order valence-electron chi connectivity index (χ4n) is 1.18. The zero-order chi connectivity index (χ0) is 16.6. The second kappa shape index (κ2) is 14.2. The molecular formula is C13H23NO8. The lowest BCUT2D eigenvalue weighted by atomic mass is 10.3. The van der Waals surface area contributed by atoms with Crippen LogP contribution in [-0.2, 0) is 33.4 Å². The lowest BCUT2D eigenvalue weighted by Crippen LogP contribution is -2.30. The van der Waals surface area contributed by atoms with E-state index in [9.17, 15) is 14.4 Å². The predicted molar refractivity (Wildman–Crippen MR) is 74.0 cm³/mol. The molecule has 0 saturated carbocycles. The van der Waals surface area contributed by atoms with Crippen molar-refractivity contribution in [2.24, 2.45) is 0 Å². The topological polar surface area (TPSA) is 101 Å². The van der Waals surface area contributed by atoms with Gasteiger partial charge in [-0.2, -0.15) is 5.06 Å². The van der Waals surface area contributed by atoms with Gasteiger partial charge in [-0.15, -0.1) is 0 Å². The maximum absolute atomic E-state index is 11.3. The third kappa shape index (κ3) is 12.1. The van der Waals surface area contributed by atoms with Gasteiger partial charge in [-0.1, -0.05) is 0 Å². The van der Waals surface area contributed by atoms with Gasteiger partial charge in [-0.25, -0.2) is 4.79 Å². The number of carbonyl (C=O) groups is 3. The lowest BCUT2D eigenvalue weighted by Gasteiger charge is -2.15. The van der Waals surface area contributed by atoms with Crippen LogP contribution in [0.4, 0.5) is 4.79 Å². The summed E-state index contributed by atoms with van der Waals surface area (Å²) in [5.74, 6) is -0.492. The molecule has 9 nitrogen and oxygen atoms in total. The number of carbonyl (C=O) groups excluding carboxylic acids is 3. The average Bonchev–Trinajstić information content (AvgIpc) is 2.50. The van der Waals surface area contributed by atoms with E-state index in [-0.39, 0.29) is 26.1 Å². The van der Waals surface area contributed by atoms with Crippen molar-refractivity contribution in [3.05, 3.63) is 0 Å². The fourth-order valence-corrected chi connectivity index (χ4v) is 1.18. The highest BCUT2D eigenvalue weighted by Gasteiger charge is 2.14. The van der Waals surface area contributed by atoms with Gasteiger partial charge in [0.2, 0.25) is 0 Å². The molecule has 128 valence electrons. The third-order valence-electron chi connectivity index (χ3n) is 2.29. The normalized spacial score (nSPS) is 10.1. The highest BCUT2D eigenvalue weighted by atomic mass is 16.8. The number of hydrogen-bond donors (Lipinski definition) is 0. The molecule has 0 bridgehead atoms. The van der Waals surface area contributed by atoms with E-state index >= 15 is 0 Å². The Morgan fingerprint density at radius 3 is 2.18 bits per heavy atom. The zero-order valence-electron chi connectivity index (χ0n) is 12.9. The van der Waals surface area contributed by atoms with Gasteiger partial charge >= 0.3 is 6.16 Å². The number of nitrogens with zero attached hydrogens (tertiary/aromatic N) is 1. The first kappa shape index (κ1) is 20.3. The molecule has 0 saturated heterocycles. The number of hydrogen-bond acceptors (Lipinski definition) is 8. The molecule has 0 aliphatic rings. The van der Waals surface area contributed by atoms with Crippen molar-refractivity contribution in [2.75, 3.05) is 53.8 Å². The molecule has 0 rings (SSSR count). The molecule has 0 fully saturated rings. The van der Waals surface area contributed by atoms with E-state index in [0.29, 0.717) is 32.7 Å². The molecule has 0 spiro atoms. The molecule has 0 N–H and O–H groups in total. The first-order valence-electron chi connectivity index (χ1n) is 6.81. The Balaban J connectivity index is 3.49. The van der Waals surface area contributed by atoms with Crippen LogP contribution in [0.1, 0.15) is 12.8 Å². The number of hydroxylamine groups is 2. The van der Waals surface area contributed by atoms with Crippen molar-refractivity contribution in [3.63, 3.8) is 0 Å². The highest BCUT2D eigenvalue weighted by molar-refractivity contribution is 5.78. The van der Waals surface area contributed by atoms with Crippen molar-refractivity contribution in [1.82, 2.24) is 5.06 Å². The lowest BCUT2D eigenvalue weighted by molar-refractivity contribution is -0.166. The first-order chi connectivity index (χ1) is 10.6. The van der Waals surface area contributed by atoms with Crippen LogP contribution < -0.4 is 0 Å². The molecule has 1 amide bonds. The molecule has 0 aliphatic heterocycles. The minimum absolute atomic E-state index is 0.00667. The monoisotopic (exact) mass is 321 g/mol. The van der Waals surface area contributed by atoms with Crippen molar-refractivity contribution in [3.8, 4) is 0 Å². The minimum atomic E-state index is -1.01. The van der Waals surface area contributed by atoms with E-state index in [1.165, 1.54) is 7.05 Å². The van der Waals surface area contributed by atoms with Gasteiger partial charge in [0.1, 0.15) is 12.9 Å². The summed E-state index contributed by atoms with van der Waals surface area (Å²) in [6.07, 6.45) is -0.358. The number of amides is 1. The Hall–Kier alpha value is -1.71. The van der Waals surface area contributed by atoms with Gasteiger partial charge in [0.25, 0.3) is 5.91 Å². The smallest absolute Gasteiger partial charge is 0.430 e. The number of ether oxygens (including phenoxy) is 4. The molecule has 0 aliphatic carbocycles. The van der Waals surface area contributed by atoms with E-state index in [1.54, 1.807) is 7.11 Å². The SMILES string of the molecule is COCCOCCOCCOC(=O)ON(C)C(=O)CCC=O. The maximum atomic E-state index is 11.3. The minimum Gasteiger partial charge on any atom is -0.430 e. The number of aldehydes is 1. The summed E-state index contributed by atoms with van der Waals surface area (Å²) in [5, 5.41) is 0.732. The zero-order valence-corrected chi connectivity index (χ0v) is 12.9. The van der Waals surface area contributed by atoms with Crippen LogP contribution in [0.5, 0.6) is 0 Å². The Morgan fingerprint density at radius 1 is 1.00 bits per heavy atom. The molecule has 0 radical (unpaired) electrons. The number of methoxy groups -OCH3 is 1. The second-order valence-electron chi connectivity index (χ2n) is 4.00. The summed E-state index contributed by atoms with van der Waals surface area (Å²) >= 11 is 0. The van der Waals surface area contributed by atoms with Crippen LogP contribution in [0.25, 0.3) is 0 Å². The van der Waals surface area contributed by atoms with E-state index in [4.69, 9.17) is 18.9 Å². The van der Waals surface area contributed by atoms with Gasteiger partial charge in [0.05, 0.1) is 33.0 Å². The average molecular weight is 321 g/mol. The van der Waals surface area contributed by atoms with Crippen LogP contribution in [0.2, 0.25) is 0 Å². The molecule has 22 heavy (non-hydrogen) atoms. The Labute approximate surface area is 129 Å². The van der Waals surface area contributed by atoms with E-state index in [2.05, 4.69) is 4.84 Å². The van der Waals surface area contributed by atoms with Crippen LogP contribution in [0.3, 0.4) is 0 Å². The molecule has 9 heteroatoms. The van der Waals surface area contributed by atoms with Crippen molar-refractivity contribution in [2.45, 2.75) is 12.8 Å². The molecule has 0 aromatic carbocycles. The number of rotatable bonds is 12.